The number of likely N-dealkylation sites (tertiary alicyclic amines) is 1. The van der Waals surface area contributed by atoms with E-state index in [-0.39, 0.29) is 28.7 Å². The van der Waals surface area contributed by atoms with Crippen LogP contribution in [0.25, 0.3) is 0 Å². The van der Waals surface area contributed by atoms with Crippen LogP contribution < -0.4 is 9.47 Å². The number of benzene rings is 2. The Balaban J connectivity index is 1.41. The molecule has 1 aromatic heterocycles. The maximum atomic E-state index is 14.5. The molecule has 190 valence electrons. The molecule has 0 saturated carbocycles. The standard InChI is InChI=1S/C26H28FN3O5S/c1-17-4-6-19(7-5-17)23(15-31)30-12-10-20(11-13-30)34-25-18(2)26(29-16-28-25)35-24-9-8-21(14-22(24)27)36(3,32)33/h4-9,14-16,20,23H,10-13H2,1-3H3. The van der Waals surface area contributed by atoms with E-state index in [1.165, 1.54) is 18.5 Å². The summed E-state index contributed by atoms with van der Waals surface area (Å²) in [5.74, 6) is -0.524. The molecule has 0 bridgehead atoms. The Morgan fingerprint density at radius 3 is 2.33 bits per heavy atom. The minimum Gasteiger partial charge on any atom is -0.474 e. The van der Waals surface area contributed by atoms with Crippen molar-refractivity contribution in [1.29, 1.82) is 0 Å². The Hall–Kier alpha value is -3.37. The number of aldehydes is 1. The molecule has 1 saturated heterocycles. The molecule has 3 aromatic rings. The van der Waals surface area contributed by atoms with Crippen molar-refractivity contribution in [2.24, 2.45) is 0 Å². The predicted molar refractivity (Wildman–Crippen MR) is 132 cm³/mol. The number of hydrogen-bond donors (Lipinski definition) is 0. The fraction of sp³-hybridized carbons (Fsp3) is 0.346. The lowest BCUT2D eigenvalue weighted by Crippen LogP contribution is -2.41. The first-order chi connectivity index (χ1) is 17.2. The second kappa shape index (κ2) is 10.7. The fourth-order valence-electron chi connectivity index (χ4n) is 4.11. The third-order valence-electron chi connectivity index (χ3n) is 6.23. The molecule has 4 rings (SSSR count). The van der Waals surface area contributed by atoms with Crippen molar-refractivity contribution in [2.75, 3.05) is 19.3 Å². The van der Waals surface area contributed by atoms with E-state index in [1.54, 1.807) is 6.92 Å². The predicted octanol–water partition coefficient (Wildman–Crippen LogP) is 4.21. The zero-order valence-electron chi connectivity index (χ0n) is 20.3. The summed E-state index contributed by atoms with van der Waals surface area (Å²) in [7, 11) is -3.54. The molecule has 1 aliphatic heterocycles. The molecule has 2 heterocycles. The van der Waals surface area contributed by atoms with Gasteiger partial charge in [-0.3, -0.25) is 4.90 Å². The lowest BCUT2D eigenvalue weighted by Gasteiger charge is -2.35. The van der Waals surface area contributed by atoms with E-state index in [1.807, 2.05) is 31.2 Å². The Morgan fingerprint density at radius 2 is 1.72 bits per heavy atom. The zero-order valence-corrected chi connectivity index (χ0v) is 21.2. The SMILES string of the molecule is Cc1ccc(C(C=O)N2CCC(Oc3ncnc(Oc4ccc(S(C)(=O)=O)cc4F)c3C)CC2)cc1. The molecule has 10 heteroatoms. The van der Waals surface area contributed by atoms with Gasteiger partial charge in [0.25, 0.3) is 0 Å². The molecule has 0 aliphatic carbocycles. The van der Waals surface area contributed by atoms with Gasteiger partial charge >= 0.3 is 0 Å². The number of sulfone groups is 1. The van der Waals surface area contributed by atoms with Crippen LogP contribution in [0.3, 0.4) is 0 Å². The monoisotopic (exact) mass is 513 g/mol. The van der Waals surface area contributed by atoms with Crippen LogP contribution in [0.5, 0.6) is 17.5 Å². The molecule has 1 unspecified atom stereocenters. The Labute approximate surface area is 210 Å². The van der Waals surface area contributed by atoms with Crippen LogP contribution in [0, 0.1) is 19.7 Å². The van der Waals surface area contributed by atoms with Gasteiger partial charge in [-0.05, 0) is 50.5 Å². The van der Waals surface area contributed by atoms with E-state index < -0.39 is 15.7 Å². The highest BCUT2D eigenvalue weighted by Gasteiger charge is 2.28. The summed E-state index contributed by atoms with van der Waals surface area (Å²) >= 11 is 0. The van der Waals surface area contributed by atoms with Crippen molar-refractivity contribution in [3.8, 4) is 17.5 Å². The number of aryl methyl sites for hydroxylation is 1. The van der Waals surface area contributed by atoms with Gasteiger partial charge in [-0.15, -0.1) is 0 Å². The maximum absolute atomic E-state index is 14.5. The van der Waals surface area contributed by atoms with E-state index in [4.69, 9.17) is 9.47 Å². The molecule has 8 nitrogen and oxygen atoms in total. The highest BCUT2D eigenvalue weighted by atomic mass is 32.2. The third kappa shape index (κ3) is 5.88. The third-order valence-corrected chi connectivity index (χ3v) is 7.34. The number of piperidine rings is 1. The molecule has 0 amide bonds. The Kier molecular flexibility index (Phi) is 7.65. The van der Waals surface area contributed by atoms with E-state index in [0.29, 0.717) is 37.4 Å². The smallest absolute Gasteiger partial charge is 0.229 e. The van der Waals surface area contributed by atoms with Gasteiger partial charge in [0.05, 0.1) is 16.5 Å². The van der Waals surface area contributed by atoms with Crippen LogP contribution in [-0.4, -0.2) is 55.0 Å². The molecule has 36 heavy (non-hydrogen) atoms. The maximum Gasteiger partial charge on any atom is 0.229 e. The summed E-state index contributed by atoms with van der Waals surface area (Å²) in [5.41, 5.74) is 2.62. The molecule has 1 atom stereocenters. The zero-order chi connectivity index (χ0) is 25.9. The van der Waals surface area contributed by atoms with Crippen molar-refractivity contribution >= 4 is 16.1 Å². The minimum atomic E-state index is -3.54. The fourth-order valence-corrected chi connectivity index (χ4v) is 4.74. The van der Waals surface area contributed by atoms with Crippen LogP contribution in [0.4, 0.5) is 4.39 Å². The number of carbonyl (C=O) groups is 1. The van der Waals surface area contributed by atoms with Crippen molar-refractivity contribution in [3.05, 3.63) is 71.3 Å². The second-order valence-corrected chi connectivity index (χ2v) is 10.9. The quantitative estimate of drug-likeness (QED) is 0.413. The highest BCUT2D eigenvalue weighted by molar-refractivity contribution is 7.90. The number of rotatable bonds is 8. The summed E-state index contributed by atoms with van der Waals surface area (Å²) in [6.07, 6.45) is 4.56. The first-order valence-electron chi connectivity index (χ1n) is 11.6. The average Bonchev–Trinajstić information content (AvgIpc) is 2.85. The second-order valence-electron chi connectivity index (χ2n) is 8.92. The Morgan fingerprint density at radius 1 is 1.06 bits per heavy atom. The molecular formula is C26H28FN3O5S. The van der Waals surface area contributed by atoms with E-state index in [0.717, 1.165) is 29.7 Å². The minimum absolute atomic E-state index is 0.112. The van der Waals surface area contributed by atoms with E-state index in [9.17, 15) is 17.6 Å². The number of hydrogen-bond acceptors (Lipinski definition) is 8. The van der Waals surface area contributed by atoms with Crippen LogP contribution >= 0.6 is 0 Å². The molecule has 0 N–H and O–H groups in total. The van der Waals surface area contributed by atoms with Gasteiger partial charge in [0.1, 0.15) is 18.7 Å². The summed E-state index contributed by atoms with van der Waals surface area (Å²) in [6, 6.07) is 11.1. The summed E-state index contributed by atoms with van der Waals surface area (Å²) in [6.45, 7) is 5.10. The Bertz CT molecular complexity index is 1340. The van der Waals surface area contributed by atoms with E-state index in [2.05, 4.69) is 14.9 Å². The van der Waals surface area contributed by atoms with Crippen LogP contribution in [0.1, 0.15) is 35.6 Å². The molecule has 0 radical (unpaired) electrons. The van der Waals surface area contributed by atoms with Gasteiger partial charge in [-0.25, -0.2) is 22.8 Å². The van der Waals surface area contributed by atoms with Crippen LogP contribution in [0.2, 0.25) is 0 Å². The van der Waals surface area contributed by atoms with Gasteiger partial charge in [0, 0.05) is 19.3 Å². The summed E-state index contributed by atoms with van der Waals surface area (Å²) in [4.78, 5) is 22.1. The number of carbonyl (C=O) groups excluding carboxylic acids is 1. The van der Waals surface area contributed by atoms with Gasteiger partial charge in [0.2, 0.25) is 11.8 Å². The van der Waals surface area contributed by atoms with Gasteiger partial charge < -0.3 is 14.3 Å². The summed E-state index contributed by atoms with van der Waals surface area (Å²) < 4.78 is 49.5. The first kappa shape index (κ1) is 25.7. The van der Waals surface area contributed by atoms with Gasteiger partial charge in [-0.1, -0.05) is 29.8 Å². The molecular weight excluding hydrogens is 485 g/mol. The highest BCUT2D eigenvalue weighted by Crippen LogP contribution is 2.32. The summed E-state index contributed by atoms with van der Waals surface area (Å²) in [5, 5.41) is 0. The number of aromatic nitrogens is 2. The number of nitrogens with zero attached hydrogens (tertiary/aromatic N) is 3. The topological polar surface area (TPSA) is 98.7 Å². The largest absolute Gasteiger partial charge is 0.474 e. The normalized spacial score (nSPS) is 15.9. The molecule has 2 aromatic carbocycles. The van der Waals surface area contributed by atoms with Crippen molar-refractivity contribution < 1.29 is 27.1 Å². The molecule has 1 fully saturated rings. The molecule has 1 aliphatic rings. The lowest BCUT2D eigenvalue weighted by molar-refractivity contribution is -0.113. The van der Waals surface area contributed by atoms with E-state index >= 15 is 0 Å². The lowest BCUT2D eigenvalue weighted by atomic mass is 10.0. The van der Waals surface area contributed by atoms with Crippen LogP contribution in [-0.2, 0) is 14.6 Å². The van der Waals surface area contributed by atoms with Crippen molar-refractivity contribution in [2.45, 2.75) is 43.7 Å². The first-order valence-corrected chi connectivity index (χ1v) is 13.5. The molecule has 0 spiro atoms. The van der Waals surface area contributed by atoms with Gasteiger partial charge in [-0.2, -0.15) is 0 Å². The van der Waals surface area contributed by atoms with Crippen molar-refractivity contribution in [1.82, 2.24) is 14.9 Å². The number of halogens is 1. The van der Waals surface area contributed by atoms with Crippen molar-refractivity contribution in [3.63, 3.8) is 0 Å². The van der Waals surface area contributed by atoms with Crippen LogP contribution in [0.15, 0.2) is 53.7 Å². The number of ether oxygens (including phenoxy) is 2. The van der Waals surface area contributed by atoms with Gasteiger partial charge in [0.15, 0.2) is 21.4 Å². The average molecular weight is 514 g/mol.